The summed E-state index contributed by atoms with van der Waals surface area (Å²) in [5.74, 6) is 0.733. The monoisotopic (exact) mass is 276 g/mol. The predicted molar refractivity (Wildman–Crippen MR) is 78.6 cm³/mol. The zero-order valence-corrected chi connectivity index (χ0v) is 12.0. The summed E-state index contributed by atoms with van der Waals surface area (Å²) < 4.78 is 2.01. The van der Waals surface area contributed by atoms with Crippen molar-refractivity contribution in [3.63, 3.8) is 0 Å². The Kier molecular flexibility index (Phi) is 4.35. The molecule has 2 N–H and O–H groups in total. The molecule has 3 rings (SSSR count). The molecule has 1 aliphatic carbocycles. The summed E-state index contributed by atoms with van der Waals surface area (Å²) in [5, 5.41) is 10.7. The van der Waals surface area contributed by atoms with Crippen LogP contribution >= 0.6 is 0 Å². The van der Waals surface area contributed by atoms with Gasteiger partial charge < -0.3 is 10.6 Å². The highest BCUT2D eigenvalue weighted by atomic mass is 16.1. The summed E-state index contributed by atoms with van der Waals surface area (Å²) in [6, 6.07) is 0.469. The molecule has 1 aromatic rings. The number of piperidine rings is 1. The first-order chi connectivity index (χ1) is 9.81. The summed E-state index contributed by atoms with van der Waals surface area (Å²) in [4.78, 5) is 12.0. The highest BCUT2D eigenvalue weighted by Crippen LogP contribution is 2.28. The molecule has 0 radical (unpaired) electrons. The summed E-state index contributed by atoms with van der Waals surface area (Å²) >= 11 is 0. The second kappa shape index (κ2) is 6.39. The van der Waals surface area contributed by atoms with Gasteiger partial charge in [-0.1, -0.05) is 12.8 Å². The van der Waals surface area contributed by atoms with Crippen LogP contribution < -0.4 is 10.6 Å². The van der Waals surface area contributed by atoms with Gasteiger partial charge in [-0.2, -0.15) is 5.10 Å². The van der Waals surface area contributed by atoms with Crippen molar-refractivity contribution in [2.75, 3.05) is 18.4 Å². The van der Waals surface area contributed by atoms with Gasteiger partial charge in [0.25, 0.3) is 0 Å². The minimum Gasteiger partial charge on any atom is -0.323 e. The van der Waals surface area contributed by atoms with E-state index in [0.717, 1.165) is 31.6 Å². The molecule has 2 aliphatic rings. The number of nitrogens with zero attached hydrogens (tertiary/aromatic N) is 2. The van der Waals surface area contributed by atoms with Gasteiger partial charge in [-0.3, -0.25) is 9.48 Å². The van der Waals surface area contributed by atoms with Gasteiger partial charge in [0.2, 0.25) is 5.91 Å². The van der Waals surface area contributed by atoms with E-state index in [1.165, 1.54) is 25.7 Å². The molecule has 0 spiro atoms. The highest BCUT2D eigenvalue weighted by molar-refractivity contribution is 5.90. The molecule has 0 atom stereocenters. The van der Waals surface area contributed by atoms with Crippen molar-refractivity contribution in [1.82, 2.24) is 15.1 Å². The topological polar surface area (TPSA) is 59.0 Å². The molecule has 1 aliphatic heterocycles. The van der Waals surface area contributed by atoms with Gasteiger partial charge in [-0.25, -0.2) is 0 Å². The van der Waals surface area contributed by atoms with Crippen molar-refractivity contribution in [1.29, 1.82) is 0 Å². The largest absolute Gasteiger partial charge is 0.323 e. The Labute approximate surface area is 120 Å². The summed E-state index contributed by atoms with van der Waals surface area (Å²) in [7, 11) is 0. The summed E-state index contributed by atoms with van der Waals surface area (Å²) in [6.07, 6.45) is 11.6. The van der Waals surface area contributed by atoms with Crippen LogP contribution in [0.4, 0.5) is 5.69 Å². The zero-order valence-electron chi connectivity index (χ0n) is 12.0. The Morgan fingerprint density at radius 2 is 2.05 bits per heavy atom. The fourth-order valence-corrected chi connectivity index (χ4v) is 3.36. The third-order valence-electron chi connectivity index (χ3n) is 4.52. The normalized spacial score (nSPS) is 21.2. The molecule has 0 bridgehead atoms. The number of hydrogen-bond donors (Lipinski definition) is 2. The van der Waals surface area contributed by atoms with Gasteiger partial charge in [0.15, 0.2) is 0 Å². The van der Waals surface area contributed by atoms with Crippen molar-refractivity contribution >= 4 is 11.6 Å². The van der Waals surface area contributed by atoms with E-state index in [2.05, 4.69) is 15.7 Å². The Balaban J connectivity index is 1.52. The molecule has 5 heteroatoms. The number of amides is 1. The van der Waals surface area contributed by atoms with E-state index in [9.17, 15) is 4.79 Å². The molecule has 110 valence electrons. The molecule has 0 aromatic carbocycles. The lowest BCUT2D eigenvalue weighted by molar-refractivity contribution is -0.117. The fraction of sp³-hybridized carbons (Fsp3) is 0.733. The maximum absolute atomic E-state index is 12.0. The van der Waals surface area contributed by atoms with Gasteiger partial charge in [0.05, 0.1) is 17.9 Å². The second-order valence-corrected chi connectivity index (χ2v) is 6.09. The zero-order chi connectivity index (χ0) is 13.8. The van der Waals surface area contributed by atoms with E-state index in [0.29, 0.717) is 18.4 Å². The van der Waals surface area contributed by atoms with E-state index < -0.39 is 0 Å². The average Bonchev–Trinajstić information content (AvgIpc) is 3.11. The number of hydrogen-bond acceptors (Lipinski definition) is 3. The van der Waals surface area contributed by atoms with Gasteiger partial charge in [0, 0.05) is 12.6 Å². The molecule has 0 unspecified atom stereocenters. The summed E-state index contributed by atoms with van der Waals surface area (Å²) in [6.45, 7) is 2.10. The van der Waals surface area contributed by atoms with Crippen LogP contribution in [0, 0.1) is 5.92 Å². The molecular weight excluding hydrogens is 252 g/mol. The van der Waals surface area contributed by atoms with Gasteiger partial charge in [-0.15, -0.1) is 0 Å². The SMILES string of the molecule is O=C(CC1CCCC1)Nc1cnn(C2CCNCC2)c1. The number of aromatic nitrogens is 2. The lowest BCUT2D eigenvalue weighted by Gasteiger charge is -2.22. The molecule has 2 fully saturated rings. The third-order valence-corrected chi connectivity index (χ3v) is 4.52. The van der Waals surface area contributed by atoms with Crippen molar-refractivity contribution in [3.05, 3.63) is 12.4 Å². The molecular formula is C15H24N4O. The van der Waals surface area contributed by atoms with E-state index in [1.54, 1.807) is 6.20 Å². The molecule has 1 aromatic heterocycles. The number of nitrogens with one attached hydrogen (secondary N) is 2. The highest BCUT2D eigenvalue weighted by Gasteiger charge is 2.19. The molecule has 1 saturated heterocycles. The molecule has 1 amide bonds. The van der Waals surface area contributed by atoms with Gasteiger partial charge in [-0.05, 0) is 44.7 Å². The third kappa shape index (κ3) is 3.39. The lowest BCUT2D eigenvalue weighted by Crippen LogP contribution is -2.29. The second-order valence-electron chi connectivity index (χ2n) is 6.09. The smallest absolute Gasteiger partial charge is 0.224 e. The quantitative estimate of drug-likeness (QED) is 0.887. The van der Waals surface area contributed by atoms with Crippen LogP contribution in [0.2, 0.25) is 0 Å². The number of carbonyl (C=O) groups excluding carboxylic acids is 1. The van der Waals surface area contributed by atoms with Crippen LogP contribution in [-0.4, -0.2) is 28.8 Å². The van der Waals surface area contributed by atoms with Crippen molar-refractivity contribution in [3.8, 4) is 0 Å². The maximum atomic E-state index is 12.0. The minimum absolute atomic E-state index is 0.141. The van der Waals surface area contributed by atoms with Crippen LogP contribution in [0.1, 0.15) is 51.0 Å². The first kappa shape index (κ1) is 13.6. The van der Waals surface area contributed by atoms with Crippen molar-refractivity contribution < 1.29 is 4.79 Å². The Morgan fingerprint density at radius 3 is 2.80 bits per heavy atom. The van der Waals surface area contributed by atoms with Crippen LogP contribution in [0.25, 0.3) is 0 Å². The number of rotatable bonds is 4. The minimum atomic E-state index is 0.141. The van der Waals surface area contributed by atoms with E-state index >= 15 is 0 Å². The Morgan fingerprint density at radius 1 is 1.30 bits per heavy atom. The Bertz CT molecular complexity index is 444. The number of carbonyl (C=O) groups is 1. The molecule has 1 saturated carbocycles. The maximum Gasteiger partial charge on any atom is 0.224 e. The van der Waals surface area contributed by atoms with Gasteiger partial charge in [0.1, 0.15) is 0 Å². The Hall–Kier alpha value is -1.36. The molecule has 20 heavy (non-hydrogen) atoms. The first-order valence-corrected chi connectivity index (χ1v) is 7.86. The molecule has 5 nitrogen and oxygen atoms in total. The number of anilines is 1. The summed E-state index contributed by atoms with van der Waals surface area (Å²) in [5.41, 5.74) is 0.839. The van der Waals surface area contributed by atoms with Crippen LogP contribution in [0.5, 0.6) is 0 Å². The van der Waals surface area contributed by atoms with Crippen molar-refractivity contribution in [2.24, 2.45) is 5.92 Å². The van der Waals surface area contributed by atoms with Crippen LogP contribution in [0.15, 0.2) is 12.4 Å². The standard InChI is InChI=1S/C15H24N4O/c20-15(9-12-3-1-2-4-12)18-13-10-17-19(11-13)14-5-7-16-8-6-14/h10-12,14,16H,1-9H2,(H,18,20). The van der Waals surface area contributed by atoms with E-state index in [-0.39, 0.29) is 5.91 Å². The van der Waals surface area contributed by atoms with E-state index in [1.807, 2.05) is 10.9 Å². The average molecular weight is 276 g/mol. The lowest BCUT2D eigenvalue weighted by atomic mass is 10.0. The van der Waals surface area contributed by atoms with Crippen molar-refractivity contribution in [2.45, 2.75) is 51.0 Å². The first-order valence-electron chi connectivity index (χ1n) is 7.86. The predicted octanol–water partition coefficient (Wildman–Crippen LogP) is 2.33. The van der Waals surface area contributed by atoms with Crippen LogP contribution in [0.3, 0.4) is 0 Å². The van der Waals surface area contributed by atoms with Crippen LogP contribution in [-0.2, 0) is 4.79 Å². The van der Waals surface area contributed by atoms with Gasteiger partial charge >= 0.3 is 0 Å². The fourth-order valence-electron chi connectivity index (χ4n) is 3.36. The molecule has 2 heterocycles. The van der Waals surface area contributed by atoms with E-state index in [4.69, 9.17) is 0 Å².